The maximum atomic E-state index is 7.93. The van der Waals surface area contributed by atoms with E-state index in [0.29, 0.717) is 11.4 Å². The van der Waals surface area contributed by atoms with E-state index in [1.165, 1.54) is 9.80 Å². The molecule has 0 bridgehead atoms. The highest BCUT2D eigenvalue weighted by Crippen LogP contribution is 2.34. The van der Waals surface area contributed by atoms with Crippen molar-refractivity contribution < 1.29 is 8.22 Å². The molecular formula is C16H28N2. The summed E-state index contributed by atoms with van der Waals surface area (Å²) < 4.78 is 47.6. The van der Waals surface area contributed by atoms with Crippen molar-refractivity contribution >= 4 is 11.4 Å². The van der Waals surface area contributed by atoms with Gasteiger partial charge in [0.25, 0.3) is 0 Å². The molecule has 1 rings (SSSR count). The molecule has 0 atom stereocenters. The highest BCUT2D eigenvalue weighted by atomic mass is 15.2. The average molecular weight is 254 g/mol. The van der Waals surface area contributed by atoms with Gasteiger partial charge in [-0.15, -0.1) is 0 Å². The van der Waals surface area contributed by atoms with Gasteiger partial charge >= 0.3 is 0 Å². The molecule has 0 aliphatic rings. The lowest BCUT2D eigenvalue weighted by atomic mass is 10.0. The topological polar surface area (TPSA) is 6.48 Å². The third-order valence-corrected chi connectivity index (χ3v) is 2.71. The van der Waals surface area contributed by atoms with Gasteiger partial charge in [-0.1, -0.05) is 12.1 Å². The van der Waals surface area contributed by atoms with E-state index in [9.17, 15) is 0 Å². The van der Waals surface area contributed by atoms with Crippen LogP contribution < -0.4 is 9.80 Å². The van der Waals surface area contributed by atoms with Crippen LogP contribution >= 0.6 is 0 Å². The molecular weight excluding hydrogens is 220 g/mol. The molecule has 102 valence electrons. The standard InChI is InChI=1S/C16H28N2/c1-15(2,3)17(7)13-11-9-10-12-14(13)18(8)16(4,5)6/h9-12H,1-8H3/i7D3,8D3. The number of benzene rings is 1. The van der Waals surface area contributed by atoms with Gasteiger partial charge in [0, 0.05) is 33.3 Å². The first-order valence-corrected chi connectivity index (χ1v) is 6.17. The Bertz CT molecular complexity index is 485. The molecule has 2 heteroatoms. The van der Waals surface area contributed by atoms with E-state index in [1.54, 1.807) is 65.8 Å². The third kappa shape index (κ3) is 3.18. The first kappa shape index (κ1) is 8.08. The van der Waals surface area contributed by atoms with Crippen molar-refractivity contribution in [1.29, 1.82) is 0 Å². The Balaban J connectivity index is 3.71. The van der Waals surface area contributed by atoms with E-state index in [-0.39, 0.29) is 0 Å². The molecule has 0 aromatic heterocycles. The minimum atomic E-state index is -2.40. The van der Waals surface area contributed by atoms with E-state index in [1.807, 2.05) is 0 Å². The van der Waals surface area contributed by atoms with Crippen molar-refractivity contribution in [3.8, 4) is 0 Å². The van der Waals surface area contributed by atoms with Gasteiger partial charge in [0.2, 0.25) is 0 Å². The van der Waals surface area contributed by atoms with Gasteiger partial charge in [0.15, 0.2) is 0 Å². The molecule has 0 spiro atoms. The van der Waals surface area contributed by atoms with E-state index in [0.717, 1.165) is 0 Å². The zero-order chi connectivity index (χ0) is 19.1. The molecule has 1 aromatic rings. The van der Waals surface area contributed by atoms with Gasteiger partial charge in [-0.25, -0.2) is 0 Å². The second-order valence-electron chi connectivity index (χ2n) is 6.50. The summed E-state index contributed by atoms with van der Waals surface area (Å²) in [5, 5.41) is 0. The minimum absolute atomic E-state index is 0.385. The van der Waals surface area contributed by atoms with Crippen molar-refractivity contribution in [2.24, 2.45) is 0 Å². The Kier molecular flexibility index (Phi) is 2.17. The zero-order valence-electron chi connectivity index (χ0n) is 18.2. The summed E-state index contributed by atoms with van der Waals surface area (Å²) in [6.45, 7) is 6.00. The van der Waals surface area contributed by atoms with Crippen LogP contribution in [0, 0.1) is 0 Å². The Morgan fingerprint density at radius 2 is 1.11 bits per heavy atom. The fraction of sp³-hybridized carbons (Fsp3) is 0.625. The summed E-state index contributed by atoms with van der Waals surface area (Å²) in [5.74, 6) is 0. The molecule has 0 saturated carbocycles. The van der Waals surface area contributed by atoms with Crippen LogP contribution in [-0.2, 0) is 0 Å². The van der Waals surface area contributed by atoms with Crippen LogP contribution in [0.2, 0.25) is 0 Å². The second kappa shape index (κ2) is 4.83. The lowest BCUT2D eigenvalue weighted by molar-refractivity contribution is 0.524. The molecule has 0 unspecified atom stereocenters. The number of hydrogen-bond donors (Lipinski definition) is 0. The normalized spacial score (nSPS) is 18.8. The largest absolute Gasteiger partial charge is 0.368 e. The quantitative estimate of drug-likeness (QED) is 0.782. The SMILES string of the molecule is [2H]C([2H])([2H])N(c1ccccc1N(C([2H])([2H])[2H])C(C)(C)C)C(C)(C)C. The third-order valence-electron chi connectivity index (χ3n) is 2.71. The van der Waals surface area contributed by atoms with E-state index >= 15 is 0 Å². The van der Waals surface area contributed by atoms with Crippen molar-refractivity contribution in [2.75, 3.05) is 23.8 Å². The fourth-order valence-electron chi connectivity index (χ4n) is 1.57. The van der Waals surface area contributed by atoms with E-state index in [2.05, 4.69) is 0 Å². The predicted molar refractivity (Wildman–Crippen MR) is 82.8 cm³/mol. The first-order valence-electron chi connectivity index (χ1n) is 9.17. The lowest BCUT2D eigenvalue weighted by Crippen LogP contribution is -2.42. The molecule has 0 saturated heterocycles. The smallest absolute Gasteiger partial charge is 0.0605 e. The van der Waals surface area contributed by atoms with Crippen LogP contribution in [0.4, 0.5) is 11.4 Å². The Hall–Kier alpha value is -1.18. The average Bonchev–Trinajstić information content (AvgIpc) is 2.23. The van der Waals surface area contributed by atoms with Crippen LogP contribution in [0.1, 0.15) is 49.8 Å². The van der Waals surface area contributed by atoms with E-state index in [4.69, 9.17) is 8.22 Å². The zero-order valence-corrected chi connectivity index (χ0v) is 12.2. The Morgan fingerprint density at radius 1 is 0.778 bits per heavy atom. The van der Waals surface area contributed by atoms with Crippen LogP contribution in [0.25, 0.3) is 0 Å². The molecule has 0 amide bonds. The Morgan fingerprint density at radius 3 is 1.33 bits per heavy atom. The van der Waals surface area contributed by atoms with E-state index < -0.39 is 25.0 Å². The molecule has 0 aliphatic heterocycles. The van der Waals surface area contributed by atoms with Gasteiger partial charge in [0.05, 0.1) is 11.4 Å². The summed E-state index contributed by atoms with van der Waals surface area (Å²) in [6, 6.07) is 6.78. The molecule has 0 aliphatic carbocycles. The van der Waals surface area contributed by atoms with Crippen molar-refractivity contribution in [1.82, 2.24) is 0 Å². The molecule has 1 aromatic carbocycles. The lowest BCUT2D eigenvalue weighted by Gasteiger charge is -2.40. The Labute approximate surface area is 121 Å². The number of rotatable bonds is 2. The maximum absolute atomic E-state index is 7.93. The van der Waals surface area contributed by atoms with Gasteiger partial charge in [-0.05, 0) is 53.7 Å². The number of anilines is 2. The number of para-hydroxylation sites is 2. The predicted octanol–water partition coefficient (Wildman–Crippen LogP) is 4.16. The van der Waals surface area contributed by atoms with Gasteiger partial charge in [0.1, 0.15) is 0 Å². The van der Waals surface area contributed by atoms with Gasteiger partial charge in [-0.3, -0.25) is 0 Å². The van der Waals surface area contributed by atoms with Crippen LogP contribution in [-0.4, -0.2) is 25.0 Å². The molecule has 18 heavy (non-hydrogen) atoms. The van der Waals surface area contributed by atoms with Crippen molar-refractivity contribution in [3.63, 3.8) is 0 Å². The summed E-state index contributed by atoms with van der Waals surface area (Å²) in [7, 11) is 0. The first-order chi connectivity index (χ1) is 10.5. The van der Waals surface area contributed by atoms with Crippen molar-refractivity contribution in [3.05, 3.63) is 24.3 Å². The second-order valence-corrected chi connectivity index (χ2v) is 6.50. The summed E-state index contributed by atoms with van der Waals surface area (Å²) in [4.78, 5) is 2.61. The minimum Gasteiger partial charge on any atom is -0.368 e. The summed E-state index contributed by atoms with van der Waals surface area (Å²) >= 11 is 0. The highest BCUT2D eigenvalue weighted by molar-refractivity contribution is 5.72. The summed E-state index contributed by atoms with van der Waals surface area (Å²) in [6.07, 6.45) is 0. The van der Waals surface area contributed by atoms with Crippen LogP contribution in [0.3, 0.4) is 0 Å². The summed E-state index contributed by atoms with van der Waals surface area (Å²) in [5.41, 5.74) is -0.647. The fourth-order valence-corrected chi connectivity index (χ4v) is 1.57. The molecule has 2 nitrogen and oxygen atoms in total. The van der Waals surface area contributed by atoms with Gasteiger partial charge in [-0.2, -0.15) is 0 Å². The highest BCUT2D eigenvalue weighted by Gasteiger charge is 2.24. The van der Waals surface area contributed by atoms with Crippen LogP contribution in [0.15, 0.2) is 24.3 Å². The maximum Gasteiger partial charge on any atom is 0.0605 e. The molecule has 0 N–H and O–H groups in total. The van der Waals surface area contributed by atoms with Crippen molar-refractivity contribution in [2.45, 2.75) is 52.6 Å². The molecule has 0 radical (unpaired) electrons. The number of hydrogen-bond acceptors (Lipinski definition) is 2. The van der Waals surface area contributed by atoms with Crippen LogP contribution in [0.5, 0.6) is 0 Å². The molecule has 0 heterocycles. The molecule has 0 fully saturated rings. The monoisotopic (exact) mass is 254 g/mol. The van der Waals surface area contributed by atoms with Gasteiger partial charge < -0.3 is 9.80 Å². The number of nitrogens with zero attached hydrogens (tertiary/aromatic N) is 2.